The Kier molecular flexibility index (Phi) is 9.00. The van der Waals surface area contributed by atoms with Crippen LogP contribution in [0.4, 0.5) is 5.69 Å². The van der Waals surface area contributed by atoms with Gasteiger partial charge in [0.1, 0.15) is 4.90 Å². The minimum Gasteiger partial charge on any atom is -0.493 e. The van der Waals surface area contributed by atoms with E-state index in [1.54, 1.807) is 55.5 Å². The van der Waals surface area contributed by atoms with Gasteiger partial charge in [0.05, 0.1) is 46.3 Å². The Morgan fingerprint density at radius 2 is 1.76 bits per heavy atom. The Morgan fingerprint density at radius 1 is 1.04 bits per heavy atom. The summed E-state index contributed by atoms with van der Waals surface area (Å²) in [4.78, 5) is 36.7. The van der Waals surface area contributed by atoms with Crippen LogP contribution in [0, 0.1) is 6.92 Å². The Labute approximate surface area is 269 Å². The first-order valence-corrected chi connectivity index (χ1v) is 15.5. The zero-order valence-corrected chi connectivity index (χ0v) is 27.6. The van der Waals surface area contributed by atoms with Crippen LogP contribution < -0.4 is 23.3 Å². The molecule has 2 amide bonds. The molecule has 0 bridgehead atoms. The van der Waals surface area contributed by atoms with Gasteiger partial charge in [0.25, 0.3) is 5.91 Å². The van der Waals surface area contributed by atoms with Crippen LogP contribution in [0.1, 0.15) is 23.1 Å². The van der Waals surface area contributed by atoms with E-state index < -0.39 is 34.6 Å². The van der Waals surface area contributed by atoms with Gasteiger partial charge in [-0.2, -0.15) is 0 Å². The van der Waals surface area contributed by atoms with Crippen molar-refractivity contribution < 1.29 is 37.9 Å². The van der Waals surface area contributed by atoms with Crippen molar-refractivity contribution in [3.63, 3.8) is 0 Å². The predicted molar refractivity (Wildman–Crippen MR) is 168 cm³/mol. The van der Waals surface area contributed by atoms with Crippen molar-refractivity contribution in [1.29, 1.82) is 0 Å². The SMILES string of the molecule is COc1ccc(S(=O)N2C(=O)C(c3cc(C)cnc3OC)(N3C[C@H](O)C[C@H]3C(=O)N(C)C)c3cc(Cl)ccc32)c(OC)c1OC. The van der Waals surface area contributed by atoms with Gasteiger partial charge in [-0.05, 0) is 55.3 Å². The van der Waals surface area contributed by atoms with Crippen LogP contribution in [0.5, 0.6) is 23.1 Å². The van der Waals surface area contributed by atoms with Gasteiger partial charge in [0.15, 0.2) is 28.0 Å². The molecule has 14 heteroatoms. The van der Waals surface area contributed by atoms with Crippen molar-refractivity contribution in [2.75, 3.05) is 53.4 Å². The molecule has 12 nitrogen and oxygen atoms in total. The zero-order chi connectivity index (χ0) is 32.8. The van der Waals surface area contributed by atoms with Crippen molar-refractivity contribution in [2.45, 2.75) is 35.9 Å². The fourth-order valence-corrected chi connectivity index (χ4v) is 7.72. The summed E-state index contributed by atoms with van der Waals surface area (Å²) in [6.07, 6.45) is 0.719. The lowest BCUT2D eigenvalue weighted by molar-refractivity contribution is -0.138. The van der Waals surface area contributed by atoms with E-state index in [1.807, 2.05) is 6.92 Å². The van der Waals surface area contributed by atoms with Gasteiger partial charge in [0.2, 0.25) is 17.5 Å². The summed E-state index contributed by atoms with van der Waals surface area (Å²) in [5, 5.41) is 11.3. The maximum absolute atomic E-state index is 15.4. The average Bonchev–Trinajstić information content (AvgIpc) is 3.53. The monoisotopic (exact) mass is 658 g/mol. The minimum absolute atomic E-state index is 0.0564. The molecule has 2 aliphatic rings. The number of amides is 2. The Bertz CT molecular complexity index is 1690. The minimum atomic E-state index is -2.23. The van der Waals surface area contributed by atoms with Crippen molar-refractivity contribution in [3.8, 4) is 23.1 Å². The number of rotatable bonds is 9. The number of pyridine rings is 1. The number of methoxy groups -OCH3 is 4. The highest BCUT2D eigenvalue weighted by molar-refractivity contribution is 7.87. The Hall–Kier alpha value is -3.91. The lowest BCUT2D eigenvalue weighted by Gasteiger charge is -2.41. The molecule has 4 atom stereocenters. The highest BCUT2D eigenvalue weighted by atomic mass is 35.5. The van der Waals surface area contributed by atoms with Crippen LogP contribution in [-0.4, -0.2) is 97.1 Å². The highest BCUT2D eigenvalue weighted by Crippen LogP contribution is 2.55. The molecular weight excluding hydrogens is 624 g/mol. The molecule has 2 aromatic carbocycles. The van der Waals surface area contributed by atoms with Gasteiger partial charge in [0, 0.05) is 43.0 Å². The number of benzene rings is 2. The summed E-state index contributed by atoms with van der Waals surface area (Å²) < 4.78 is 38.1. The second-order valence-corrected chi connectivity index (χ2v) is 12.7. The normalized spacial score (nSPS) is 21.8. The largest absolute Gasteiger partial charge is 0.493 e. The quantitative estimate of drug-likeness (QED) is 0.366. The lowest BCUT2D eigenvalue weighted by Crippen LogP contribution is -2.59. The fourth-order valence-electron chi connectivity index (χ4n) is 6.21. The van der Waals surface area contributed by atoms with Gasteiger partial charge < -0.3 is 29.0 Å². The number of likely N-dealkylation sites (tertiary alicyclic amines) is 1. The number of carbonyl (C=O) groups is 2. The number of nitrogens with zero attached hydrogens (tertiary/aromatic N) is 4. The number of anilines is 1. The van der Waals surface area contributed by atoms with E-state index in [0.29, 0.717) is 27.5 Å². The molecule has 1 saturated heterocycles. The molecule has 3 heterocycles. The Morgan fingerprint density at radius 3 is 2.38 bits per heavy atom. The number of β-amino-alcohol motifs (C(OH)–C–C–N with tert-alkyl or cyclic N) is 1. The van der Waals surface area contributed by atoms with E-state index in [-0.39, 0.29) is 46.8 Å². The molecule has 2 aliphatic heterocycles. The third kappa shape index (κ3) is 5.07. The van der Waals surface area contributed by atoms with Crippen LogP contribution in [0.3, 0.4) is 0 Å². The second kappa shape index (κ2) is 12.5. The number of aryl methyl sites for hydroxylation is 1. The van der Waals surface area contributed by atoms with E-state index in [9.17, 15) is 14.1 Å². The second-order valence-electron chi connectivity index (χ2n) is 10.9. The van der Waals surface area contributed by atoms with Crippen LogP contribution in [0.15, 0.2) is 47.5 Å². The topological polar surface area (TPSA) is 131 Å². The summed E-state index contributed by atoms with van der Waals surface area (Å²) >= 11 is 6.59. The van der Waals surface area contributed by atoms with Crippen LogP contribution in [0.2, 0.25) is 5.02 Å². The van der Waals surface area contributed by atoms with Crippen molar-refractivity contribution in [3.05, 3.63) is 64.3 Å². The van der Waals surface area contributed by atoms with Gasteiger partial charge >= 0.3 is 0 Å². The fraction of sp³-hybridized carbons (Fsp3) is 0.387. The van der Waals surface area contributed by atoms with E-state index in [0.717, 1.165) is 4.31 Å². The number of hydrogen-bond acceptors (Lipinski definition) is 10. The molecule has 45 heavy (non-hydrogen) atoms. The molecular formula is C31H35ClN4O8S. The van der Waals surface area contributed by atoms with Crippen LogP contribution in [-0.2, 0) is 26.1 Å². The summed E-state index contributed by atoms with van der Waals surface area (Å²) in [5.74, 6) is -0.203. The van der Waals surface area contributed by atoms with Gasteiger partial charge in [-0.25, -0.2) is 13.5 Å². The Balaban J connectivity index is 1.85. The standard InChI is InChI=1S/C31H35ClN4O8S/c1-17-12-21(28(44-7)33-15-17)31(35-16-19(37)14-23(35)29(38)34(2)3)20-13-18(32)8-9-22(20)36(30(31)39)45(40)25-11-10-24(41-4)26(42-5)27(25)43-6/h8-13,15,19,23,37H,14,16H2,1-7H3/t19-,23+,31?,45?/m1/s1. The number of halogens is 1. The number of aromatic nitrogens is 1. The molecule has 1 N–H and O–H groups in total. The molecule has 0 spiro atoms. The molecule has 3 aromatic rings. The van der Waals surface area contributed by atoms with E-state index in [2.05, 4.69) is 4.98 Å². The maximum atomic E-state index is 15.4. The molecule has 0 aliphatic carbocycles. The molecule has 0 saturated carbocycles. The van der Waals surface area contributed by atoms with Crippen molar-refractivity contribution in [2.24, 2.45) is 0 Å². The number of aliphatic hydroxyl groups is 1. The third-order valence-electron chi connectivity index (χ3n) is 8.09. The van der Waals surface area contributed by atoms with E-state index in [1.165, 1.54) is 39.4 Å². The number of aliphatic hydroxyl groups excluding tert-OH is 1. The number of likely N-dealkylation sites (N-methyl/N-ethyl adjacent to an activating group) is 1. The first kappa shape index (κ1) is 32.5. The third-order valence-corrected chi connectivity index (χ3v) is 9.72. The van der Waals surface area contributed by atoms with Crippen LogP contribution in [0.25, 0.3) is 0 Å². The average molecular weight is 659 g/mol. The summed E-state index contributed by atoms with van der Waals surface area (Å²) in [7, 11) is 6.70. The molecule has 240 valence electrons. The first-order valence-electron chi connectivity index (χ1n) is 14.0. The summed E-state index contributed by atoms with van der Waals surface area (Å²) in [5.41, 5.74) is -0.191. The number of carbonyl (C=O) groups excluding carboxylic acids is 2. The van der Waals surface area contributed by atoms with Gasteiger partial charge in [-0.3, -0.25) is 14.5 Å². The highest BCUT2D eigenvalue weighted by Gasteiger charge is 2.63. The number of ether oxygens (including phenoxy) is 4. The van der Waals surface area contributed by atoms with Gasteiger partial charge in [-0.1, -0.05) is 11.6 Å². The molecule has 1 fully saturated rings. The summed E-state index contributed by atoms with van der Waals surface area (Å²) in [6, 6.07) is 8.73. The first-order chi connectivity index (χ1) is 21.5. The van der Waals surface area contributed by atoms with E-state index in [4.69, 9.17) is 30.5 Å². The molecule has 5 rings (SSSR count). The number of hydrogen-bond donors (Lipinski definition) is 1. The zero-order valence-electron chi connectivity index (χ0n) is 26.0. The smallest absolute Gasteiger partial charge is 0.269 e. The van der Waals surface area contributed by atoms with Crippen molar-refractivity contribution in [1.82, 2.24) is 14.8 Å². The number of fused-ring (bicyclic) bond motifs is 1. The van der Waals surface area contributed by atoms with Gasteiger partial charge in [-0.15, -0.1) is 0 Å². The lowest BCUT2D eigenvalue weighted by atomic mass is 9.81. The summed E-state index contributed by atoms with van der Waals surface area (Å²) in [6.45, 7) is 1.76. The van der Waals surface area contributed by atoms with Crippen LogP contribution >= 0.6 is 11.6 Å². The molecule has 0 radical (unpaired) electrons. The predicted octanol–water partition coefficient (Wildman–Crippen LogP) is 2.91. The maximum Gasteiger partial charge on any atom is 0.269 e. The van der Waals surface area contributed by atoms with E-state index >= 15 is 4.79 Å². The molecule has 2 unspecified atom stereocenters. The molecule has 1 aromatic heterocycles. The van der Waals surface area contributed by atoms with Crippen molar-refractivity contribution >= 4 is 40.1 Å².